The zero-order valence-electron chi connectivity index (χ0n) is 12.1. The van der Waals surface area contributed by atoms with Crippen LogP contribution in [0.2, 0.25) is 5.02 Å². The van der Waals surface area contributed by atoms with Gasteiger partial charge in [0.2, 0.25) is 0 Å². The van der Waals surface area contributed by atoms with E-state index in [0.29, 0.717) is 23.8 Å². The number of pyridine rings is 1. The number of aromatic nitrogens is 1. The molecule has 0 aliphatic carbocycles. The average molecular weight is 380 g/mol. The molecule has 23 heavy (non-hydrogen) atoms. The summed E-state index contributed by atoms with van der Waals surface area (Å²) in [5, 5.41) is 17.3. The third-order valence-electron chi connectivity index (χ3n) is 2.81. The normalized spacial score (nSPS) is 9.43. The molecule has 0 saturated heterocycles. The van der Waals surface area contributed by atoms with Crippen LogP contribution in [0.4, 0.5) is 11.4 Å². The molecule has 0 aliphatic rings. The van der Waals surface area contributed by atoms with Crippen molar-refractivity contribution in [2.45, 2.75) is 6.54 Å². The molecule has 0 aliphatic heterocycles. The Morgan fingerprint density at radius 2 is 1.96 bits per heavy atom. The van der Waals surface area contributed by atoms with Crippen LogP contribution in [-0.2, 0) is 6.54 Å². The van der Waals surface area contributed by atoms with Crippen molar-refractivity contribution in [3.05, 3.63) is 63.4 Å². The maximum atomic E-state index is 10.6. The van der Waals surface area contributed by atoms with E-state index in [-0.39, 0.29) is 30.5 Å². The van der Waals surface area contributed by atoms with Gasteiger partial charge in [-0.1, -0.05) is 17.7 Å². The molecule has 6 nitrogen and oxygen atoms in total. The summed E-state index contributed by atoms with van der Waals surface area (Å²) in [6.07, 6.45) is 1.76. The second-order valence-corrected chi connectivity index (χ2v) is 4.75. The highest BCUT2D eigenvalue weighted by atomic mass is 35.5. The van der Waals surface area contributed by atoms with Crippen LogP contribution in [0.1, 0.15) is 5.69 Å². The lowest BCUT2D eigenvalue weighted by atomic mass is 10.3. The summed E-state index contributed by atoms with van der Waals surface area (Å²) in [4.78, 5) is 14.3. The van der Waals surface area contributed by atoms with Gasteiger partial charge >= 0.3 is 0 Å². The van der Waals surface area contributed by atoms with Crippen molar-refractivity contribution < 1.29 is 4.92 Å². The number of nitro benzene ring substituents is 1. The van der Waals surface area contributed by atoms with Crippen molar-refractivity contribution in [3.63, 3.8) is 0 Å². The Morgan fingerprint density at radius 1 is 1.17 bits per heavy atom. The van der Waals surface area contributed by atoms with Gasteiger partial charge in [0.1, 0.15) is 0 Å². The summed E-state index contributed by atoms with van der Waals surface area (Å²) < 4.78 is 0. The molecule has 126 valence electrons. The van der Waals surface area contributed by atoms with Gasteiger partial charge in [-0.15, -0.1) is 24.8 Å². The topological polar surface area (TPSA) is 80.1 Å². The Bertz CT molecular complexity index is 614. The number of rotatable bonds is 7. The molecule has 2 aromatic rings. The van der Waals surface area contributed by atoms with E-state index in [1.807, 2.05) is 18.2 Å². The van der Waals surface area contributed by atoms with Gasteiger partial charge in [-0.3, -0.25) is 15.1 Å². The summed E-state index contributed by atoms with van der Waals surface area (Å²) in [6.45, 7) is 2.07. The molecule has 0 radical (unpaired) electrons. The summed E-state index contributed by atoms with van der Waals surface area (Å²) in [6, 6.07) is 10.1. The predicted octanol–water partition coefficient (Wildman–Crippen LogP) is 3.69. The summed E-state index contributed by atoms with van der Waals surface area (Å²) in [7, 11) is 0. The van der Waals surface area contributed by atoms with Crippen LogP contribution in [0.3, 0.4) is 0 Å². The van der Waals surface area contributed by atoms with Crippen molar-refractivity contribution >= 4 is 47.8 Å². The minimum atomic E-state index is -0.468. The molecule has 1 aromatic carbocycles. The Labute approximate surface area is 151 Å². The molecule has 9 heteroatoms. The van der Waals surface area contributed by atoms with Gasteiger partial charge in [-0.25, -0.2) is 0 Å². The van der Waals surface area contributed by atoms with E-state index in [0.717, 1.165) is 12.2 Å². The lowest BCUT2D eigenvalue weighted by Gasteiger charge is -2.09. The number of nitrogens with one attached hydrogen (secondary N) is 2. The van der Waals surface area contributed by atoms with Gasteiger partial charge in [0.15, 0.2) is 0 Å². The van der Waals surface area contributed by atoms with Gasteiger partial charge < -0.3 is 10.6 Å². The van der Waals surface area contributed by atoms with Crippen LogP contribution < -0.4 is 10.6 Å². The van der Waals surface area contributed by atoms with E-state index < -0.39 is 4.92 Å². The van der Waals surface area contributed by atoms with Crippen LogP contribution in [0.5, 0.6) is 0 Å². The van der Waals surface area contributed by atoms with E-state index >= 15 is 0 Å². The molecule has 1 aromatic heterocycles. The number of halogens is 3. The Kier molecular flexibility index (Phi) is 10.2. The minimum Gasteiger partial charge on any atom is -0.383 e. The van der Waals surface area contributed by atoms with Gasteiger partial charge in [-0.05, 0) is 18.2 Å². The first-order chi connectivity index (χ1) is 10.2. The molecule has 2 rings (SSSR count). The van der Waals surface area contributed by atoms with Gasteiger partial charge in [0.05, 0.1) is 21.3 Å². The van der Waals surface area contributed by atoms with Crippen LogP contribution in [0, 0.1) is 10.1 Å². The zero-order chi connectivity index (χ0) is 15.1. The fraction of sp³-hybridized carbons (Fsp3) is 0.214. The first-order valence-corrected chi connectivity index (χ1v) is 6.83. The number of nitrogens with zero attached hydrogens (tertiary/aromatic N) is 2. The van der Waals surface area contributed by atoms with Crippen molar-refractivity contribution in [1.82, 2.24) is 10.3 Å². The number of anilines is 1. The molecule has 0 bridgehead atoms. The van der Waals surface area contributed by atoms with Crippen LogP contribution >= 0.6 is 36.4 Å². The Morgan fingerprint density at radius 3 is 2.57 bits per heavy atom. The lowest BCUT2D eigenvalue weighted by Crippen LogP contribution is -2.22. The average Bonchev–Trinajstić information content (AvgIpc) is 2.49. The predicted molar refractivity (Wildman–Crippen MR) is 97.0 cm³/mol. The first kappa shape index (κ1) is 21.4. The van der Waals surface area contributed by atoms with E-state index in [2.05, 4.69) is 15.6 Å². The molecule has 2 N–H and O–H groups in total. The third-order valence-corrected chi connectivity index (χ3v) is 3.13. The number of hydrogen-bond acceptors (Lipinski definition) is 5. The first-order valence-electron chi connectivity index (χ1n) is 6.45. The largest absolute Gasteiger partial charge is 0.383 e. The molecule has 0 atom stereocenters. The Balaban J connectivity index is 0.00000242. The molecular weight excluding hydrogens is 363 g/mol. The monoisotopic (exact) mass is 378 g/mol. The minimum absolute atomic E-state index is 0. The third kappa shape index (κ3) is 7.00. The fourth-order valence-corrected chi connectivity index (χ4v) is 2.01. The van der Waals surface area contributed by atoms with Gasteiger partial charge in [-0.2, -0.15) is 0 Å². The zero-order valence-corrected chi connectivity index (χ0v) is 14.5. The number of benzene rings is 1. The standard InChI is InChI=1S/C14H15ClN4O2.2ClH/c15-13-9-12(19(20)21)4-5-14(13)18-8-7-16-10-11-3-1-2-6-17-11;;/h1-6,9,16,18H,7-8,10H2;2*1H. The highest BCUT2D eigenvalue weighted by molar-refractivity contribution is 6.33. The summed E-state index contributed by atoms with van der Waals surface area (Å²) >= 11 is 5.98. The second-order valence-electron chi connectivity index (χ2n) is 4.35. The van der Waals surface area contributed by atoms with Crippen molar-refractivity contribution in [2.24, 2.45) is 0 Å². The van der Waals surface area contributed by atoms with Crippen molar-refractivity contribution in [2.75, 3.05) is 18.4 Å². The SMILES string of the molecule is Cl.Cl.O=[N+]([O-])c1ccc(NCCNCc2ccccn2)c(Cl)c1. The quantitative estimate of drug-likeness (QED) is 0.436. The molecule has 0 fully saturated rings. The maximum Gasteiger partial charge on any atom is 0.271 e. The van der Waals surface area contributed by atoms with Crippen LogP contribution in [-0.4, -0.2) is 23.0 Å². The number of nitro groups is 1. The maximum absolute atomic E-state index is 10.6. The van der Waals surface area contributed by atoms with E-state index in [4.69, 9.17) is 11.6 Å². The summed E-state index contributed by atoms with van der Waals surface area (Å²) in [5.74, 6) is 0. The smallest absolute Gasteiger partial charge is 0.271 e. The van der Waals surface area contributed by atoms with Crippen molar-refractivity contribution in [1.29, 1.82) is 0 Å². The summed E-state index contributed by atoms with van der Waals surface area (Å²) in [5.41, 5.74) is 1.64. The van der Waals surface area contributed by atoms with Gasteiger partial charge in [0, 0.05) is 38.0 Å². The molecule has 0 unspecified atom stereocenters. The van der Waals surface area contributed by atoms with E-state index in [1.54, 1.807) is 12.3 Å². The van der Waals surface area contributed by atoms with E-state index in [1.165, 1.54) is 12.1 Å². The van der Waals surface area contributed by atoms with Gasteiger partial charge in [0.25, 0.3) is 5.69 Å². The molecule has 1 heterocycles. The second kappa shape index (κ2) is 11.0. The van der Waals surface area contributed by atoms with Crippen LogP contribution in [0.15, 0.2) is 42.6 Å². The van der Waals surface area contributed by atoms with Crippen molar-refractivity contribution in [3.8, 4) is 0 Å². The highest BCUT2D eigenvalue weighted by Gasteiger charge is 2.08. The molecule has 0 saturated carbocycles. The fourth-order valence-electron chi connectivity index (χ4n) is 1.77. The number of non-ortho nitro benzene ring substituents is 1. The molecular formula is C14H17Cl3N4O2. The van der Waals surface area contributed by atoms with E-state index in [9.17, 15) is 10.1 Å². The lowest BCUT2D eigenvalue weighted by molar-refractivity contribution is -0.384. The van der Waals surface area contributed by atoms with Crippen LogP contribution in [0.25, 0.3) is 0 Å². The molecule has 0 spiro atoms. The molecule has 0 amide bonds. The number of hydrogen-bond donors (Lipinski definition) is 2. The Hall–Kier alpha value is -1.60. The highest BCUT2D eigenvalue weighted by Crippen LogP contribution is 2.26.